The van der Waals surface area contributed by atoms with Crippen LogP contribution in [0.15, 0.2) is 24.3 Å². The fourth-order valence-electron chi connectivity index (χ4n) is 2.30. The molecule has 0 atom stereocenters. The highest BCUT2D eigenvalue weighted by atomic mass is 35.5. The first-order valence-electron chi connectivity index (χ1n) is 8.83. The highest BCUT2D eigenvalue weighted by Gasteiger charge is 2.07. The van der Waals surface area contributed by atoms with Gasteiger partial charge in [0.25, 0.3) is 5.91 Å². The monoisotopic (exact) mass is 353 g/mol. The van der Waals surface area contributed by atoms with Crippen molar-refractivity contribution in [2.45, 2.75) is 58.3 Å². The summed E-state index contributed by atoms with van der Waals surface area (Å²) in [5.41, 5.74) is 0.524. The SMILES string of the molecule is CCCCCCCCCOC(=O)CCNC(=O)c1ccc(Cl)cc1. The predicted molar refractivity (Wildman–Crippen MR) is 97.4 cm³/mol. The number of esters is 1. The van der Waals surface area contributed by atoms with Crippen molar-refractivity contribution in [3.05, 3.63) is 34.9 Å². The summed E-state index contributed by atoms with van der Waals surface area (Å²) in [6.45, 7) is 2.95. The third kappa shape index (κ3) is 9.56. The molecule has 0 aliphatic rings. The van der Waals surface area contributed by atoms with Crippen LogP contribution in [0.4, 0.5) is 0 Å². The third-order valence-electron chi connectivity index (χ3n) is 3.73. The lowest BCUT2D eigenvalue weighted by atomic mass is 10.1. The maximum atomic E-state index is 11.8. The molecule has 1 amide bonds. The van der Waals surface area contributed by atoms with Gasteiger partial charge in [-0.15, -0.1) is 0 Å². The van der Waals surface area contributed by atoms with E-state index in [1.807, 2.05) is 0 Å². The summed E-state index contributed by atoms with van der Waals surface area (Å²) >= 11 is 5.77. The number of unbranched alkanes of at least 4 members (excludes halogenated alkanes) is 6. The maximum Gasteiger partial charge on any atom is 0.307 e. The number of halogens is 1. The van der Waals surface area contributed by atoms with Gasteiger partial charge in [-0.3, -0.25) is 9.59 Å². The minimum Gasteiger partial charge on any atom is -0.466 e. The Hall–Kier alpha value is -1.55. The van der Waals surface area contributed by atoms with Crippen LogP contribution in [-0.2, 0) is 9.53 Å². The molecule has 1 N–H and O–H groups in total. The van der Waals surface area contributed by atoms with Gasteiger partial charge in [-0.1, -0.05) is 57.0 Å². The maximum absolute atomic E-state index is 11.8. The van der Waals surface area contributed by atoms with Gasteiger partial charge in [-0.25, -0.2) is 0 Å². The van der Waals surface area contributed by atoms with Gasteiger partial charge < -0.3 is 10.1 Å². The van der Waals surface area contributed by atoms with Crippen molar-refractivity contribution in [3.63, 3.8) is 0 Å². The van der Waals surface area contributed by atoms with Crippen LogP contribution >= 0.6 is 11.6 Å². The Bertz CT molecular complexity index is 488. The molecule has 1 aromatic rings. The number of hydrogen-bond donors (Lipinski definition) is 1. The standard InChI is InChI=1S/C19H28ClNO3/c1-2-3-4-5-6-7-8-15-24-18(22)13-14-21-19(23)16-9-11-17(20)12-10-16/h9-12H,2-8,13-15H2,1H3,(H,21,23). The summed E-state index contributed by atoms with van der Waals surface area (Å²) in [6, 6.07) is 6.62. The average molecular weight is 354 g/mol. The summed E-state index contributed by atoms with van der Waals surface area (Å²) in [6.07, 6.45) is 8.52. The fourth-order valence-corrected chi connectivity index (χ4v) is 2.42. The molecule has 0 radical (unpaired) electrons. The number of amides is 1. The molecule has 1 aromatic carbocycles. The number of ether oxygens (including phenoxy) is 1. The summed E-state index contributed by atoms with van der Waals surface area (Å²) in [4.78, 5) is 23.4. The summed E-state index contributed by atoms with van der Waals surface area (Å²) < 4.78 is 5.17. The van der Waals surface area contributed by atoms with E-state index in [1.165, 1.54) is 32.1 Å². The van der Waals surface area contributed by atoms with E-state index in [2.05, 4.69) is 12.2 Å². The van der Waals surface area contributed by atoms with Gasteiger partial charge in [0, 0.05) is 17.1 Å². The van der Waals surface area contributed by atoms with E-state index in [4.69, 9.17) is 16.3 Å². The van der Waals surface area contributed by atoms with Crippen molar-refractivity contribution >= 4 is 23.5 Å². The van der Waals surface area contributed by atoms with Gasteiger partial charge in [0.1, 0.15) is 0 Å². The summed E-state index contributed by atoms with van der Waals surface area (Å²) in [7, 11) is 0. The second-order valence-electron chi connectivity index (χ2n) is 5.85. The first kappa shape index (κ1) is 20.5. The van der Waals surface area contributed by atoms with Crippen LogP contribution in [0.25, 0.3) is 0 Å². The molecule has 24 heavy (non-hydrogen) atoms. The number of carbonyl (C=O) groups excluding carboxylic acids is 2. The van der Waals surface area contributed by atoms with Crippen molar-refractivity contribution in [1.82, 2.24) is 5.32 Å². The zero-order chi connectivity index (χ0) is 17.6. The molecule has 0 bridgehead atoms. The van der Waals surface area contributed by atoms with Crippen molar-refractivity contribution in [2.75, 3.05) is 13.2 Å². The summed E-state index contributed by atoms with van der Waals surface area (Å²) in [5, 5.41) is 3.28. The molecule has 0 saturated carbocycles. The van der Waals surface area contributed by atoms with Crippen LogP contribution in [0.5, 0.6) is 0 Å². The number of nitrogens with one attached hydrogen (secondary N) is 1. The van der Waals surface area contributed by atoms with E-state index in [0.717, 1.165) is 12.8 Å². The van der Waals surface area contributed by atoms with Crippen LogP contribution in [0.3, 0.4) is 0 Å². The van der Waals surface area contributed by atoms with Crippen molar-refractivity contribution in [1.29, 1.82) is 0 Å². The smallest absolute Gasteiger partial charge is 0.307 e. The highest BCUT2D eigenvalue weighted by molar-refractivity contribution is 6.30. The molecule has 0 saturated heterocycles. The Balaban J connectivity index is 2.01. The van der Waals surface area contributed by atoms with E-state index in [9.17, 15) is 9.59 Å². The molecule has 134 valence electrons. The molecule has 0 fully saturated rings. The zero-order valence-electron chi connectivity index (χ0n) is 14.5. The van der Waals surface area contributed by atoms with Gasteiger partial charge in [-0.2, -0.15) is 0 Å². The topological polar surface area (TPSA) is 55.4 Å². The van der Waals surface area contributed by atoms with E-state index < -0.39 is 0 Å². The number of hydrogen-bond acceptors (Lipinski definition) is 3. The zero-order valence-corrected chi connectivity index (χ0v) is 15.2. The quantitative estimate of drug-likeness (QED) is 0.435. The first-order valence-corrected chi connectivity index (χ1v) is 9.20. The molecule has 4 nitrogen and oxygen atoms in total. The lowest BCUT2D eigenvalue weighted by Gasteiger charge is -2.07. The number of carbonyl (C=O) groups is 2. The lowest BCUT2D eigenvalue weighted by molar-refractivity contribution is -0.143. The van der Waals surface area contributed by atoms with Crippen molar-refractivity contribution in [2.24, 2.45) is 0 Å². The van der Waals surface area contributed by atoms with Crippen molar-refractivity contribution in [3.8, 4) is 0 Å². The van der Waals surface area contributed by atoms with E-state index in [1.54, 1.807) is 24.3 Å². The molecule has 1 rings (SSSR count). The van der Waals surface area contributed by atoms with E-state index in [-0.39, 0.29) is 24.8 Å². The van der Waals surface area contributed by atoms with Crippen LogP contribution in [-0.4, -0.2) is 25.0 Å². The van der Waals surface area contributed by atoms with Gasteiger partial charge in [0.15, 0.2) is 0 Å². The normalized spacial score (nSPS) is 10.4. The Kier molecular flexibility index (Phi) is 10.9. The van der Waals surface area contributed by atoms with Crippen LogP contribution in [0.2, 0.25) is 5.02 Å². The second kappa shape index (κ2) is 12.8. The second-order valence-corrected chi connectivity index (χ2v) is 6.29. The Morgan fingerprint density at radius 3 is 2.29 bits per heavy atom. The predicted octanol–water partition coefficient (Wildman–Crippen LogP) is 4.75. The van der Waals surface area contributed by atoms with E-state index >= 15 is 0 Å². The molecular formula is C19H28ClNO3. The number of benzene rings is 1. The van der Waals surface area contributed by atoms with Crippen LogP contribution in [0.1, 0.15) is 68.6 Å². The van der Waals surface area contributed by atoms with Crippen LogP contribution < -0.4 is 5.32 Å². The van der Waals surface area contributed by atoms with Crippen molar-refractivity contribution < 1.29 is 14.3 Å². The Morgan fingerprint density at radius 1 is 1.00 bits per heavy atom. The number of rotatable bonds is 12. The largest absolute Gasteiger partial charge is 0.466 e. The molecule has 5 heteroatoms. The lowest BCUT2D eigenvalue weighted by Crippen LogP contribution is -2.26. The Morgan fingerprint density at radius 2 is 1.62 bits per heavy atom. The molecule has 0 aliphatic carbocycles. The first-order chi connectivity index (χ1) is 11.6. The summed E-state index contributed by atoms with van der Waals surface area (Å²) in [5.74, 6) is -0.482. The molecule has 0 aromatic heterocycles. The molecule has 0 spiro atoms. The Labute approximate surface area is 149 Å². The molecule has 0 aliphatic heterocycles. The van der Waals surface area contributed by atoms with Crippen LogP contribution in [0, 0.1) is 0 Å². The minimum absolute atomic E-state index is 0.190. The average Bonchev–Trinajstić information content (AvgIpc) is 2.57. The molecular weight excluding hydrogens is 326 g/mol. The fraction of sp³-hybridized carbons (Fsp3) is 0.579. The van der Waals surface area contributed by atoms with E-state index in [0.29, 0.717) is 17.2 Å². The van der Waals surface area contributed by atoms with Gasteiger partial charge in [0.2, 0.25) is 0 Å². The van der Waals surface area contributed by atoms with Gasteiger partial charge >= 0.3 is 5.97 Å². The van der Waals surface area contributed by atoms with Gasteiger partial charge in [0.05, 0.1) is 13.0 Å². The van der Waals surface area contributed by atoms with Gasteiger partial charge in [-0.05, 0) is 30.7 Å². The third-order valence-corrected chi connectivity index (χ3v) is 3.98. The minimum atomic E-state index is -0.266. The highest BCUT2D eigenvalue weighted by Crippen LogP contribution is 2.09. The molecule has 0 heterocycles. The molecule has 0 unspecified atom stereocenters.